The molecule has 1 saturated heterocycles. The first kappa shape index (κ1) is 26.1. The molecule has 11 heteroatoms. The summed E-state index contributed by atoms with van der Waals surface area (Å²) in [6.45, 7) is 8.63. The number of hydrogen-bond donors (Lipinski definition) is 3. The van der Waals surface area contributed by atoms with Gasteiger partial charge in [-0.15, -0.1) is 0 Å². The van der Waals surface area contributed by atoms with E-state index in [1.54, 1.807) is 19.1 Å². The van der Waals surface area contributed by atoms with Crippen LogP contribution in [0, 0.1) is 18.6 Å². The lowest BCUT2D eigenvalue weighted by atomic mass is 10.2. The summed E-state index contributed by atoms with van der Waals surface area (Å²) in [7, 11) is 4.08. The monoisotopic (exact) mass is 510 g/mol. The van der Waals surface area contributed by atoms with Crippen LogP contribution in [0.4, 0.5) is 14.6 Å². The number of aliphatic imine (C=N–C) groups is 2. The van der Waals surface area contributed by atoms with Gasteiger partial charge in [-0.2, -0.15) is 5.10 Å². The molecule has 1 atom stereocenters. The van der Waals surface area contributed by atoms with Crippen LogP contribution in [0.2, 0.25) is 0 Å². The Bertz CT molecular complexity index is 1350. The smallest absolute Gasteiger partial charge is 0.181 e. The van der Waals surface area contributed by atoms with Gasteiger partial charge in [0.05, 0.1) is 11.2 Å². The number of likely N-dealkylation sites (N-methyl/N-ethyl adjacent to an activating group) is 1. The van der Waals surface area contributed by atoms with Gasteiger partial charge in [0.1, 0.15) is 11.7 Å². The number of halogens is 2. The molecule has 3 N–H and O–H groups in total. The van der Waals surface area contributed by atoms with E-state index in [1.165, 1.54) is 0 Å². The van der Waals surface area contributed by atoms with Crippen LogP contribution < -0.4 is 10.1 Å². The molecule has 9 nitrogen and oxygen atoms in total. The van der Waals surface area contributed by atoms with Crippen molar-refractivity contribution in [3.05, 3.63) is 59.2 Å². The van der Waals surface area contributed by atoms with Crippen molar-refractivity contribution in [2.45, 2.75) is 26.3 Å². The molecule has 0 saturated carbocycles. The number of hydrogen-bond acceptors (Lipinski definition) is 6. The maximum absolute atomic E-state index is 15.0. The summed E-state index contributed by atoms with van der Waals surface area (Å²) in [5.74, 6) is 0.178. The van der Waals surface area contributed by atoms with Crippen molar-refractivity contribution < 1.29 is 13.5 Å². The molecule has 0 bridgehead atoms. The maximum Gasteiger partial charge on any atom is 0.181 e. The fraction of sp³-hybridized carbons (Fsp3) is 0.346. The summed E-state index contributed by atoms with van der Waals surface area (Å²) in [5.41, 5.74) is 1.62. The molecule has 1 aliphatic rings. The van der Waals surface area contributed by atoms with E-state index >= 15 is 0 Å². The maximum atomic E-state index is 15.0. The second-order valence-electron chi connectivity index (χ2n) is 9.07. The first-order valence-electron chi connectivity index (χ1n) is 12.0. The summed E-state index contributed by atoms with van der Waals surface area (Å²) in [6, 6.07) is 4.78. The van der Waals surface area contributed by atoms with Gasteiger partial charge in [0.15, 0.2) is 29.9 Å². The lowest BCUT2D eigenvalue weighted by Crippen LogP contribution is -2.34. The number of anilines is 1. The lowest BCUT2D eigenvalue weighted by Gasteiger charge is -2.22. The predicted molar refractivity (Wildman–Crippen MR) is 144 cm³/mol. The van der Waals surface area contributed by atoms with Gasteiger partial charge in [0.2, 0.25) is 0 Å². The van der Waals surface area contributed by atoms with Crippen LogP contribution in [0.25, 0.3) is 17.0 Å². The van der Waals surface area contributed by atoms with Crippen LogP contribution in [0.15, 0.2) is 46.2 Å². The van der Waals surface area contributed by atoms with Gasteiger partial charge >= 0.3 is 0 Å². The molecular weight excluding hydrogens is 478 g/mol. The lowest BCUT2D eigenvalue weighted by molar-refractivity contribution is 0.297. The van der Waals surface area contributed by atoms with Gasteiger partial charge < -0.3 is 24.8 Å². The summed E-state index contributed by atoms with van der Waals surface area (Å²) in [6.07, 6.45) is 6.50. The standard InChI is InChI=1S/C26H32F2N8O/c1-6-7-17-11-23(34-33-17)32-22(29-3)13-24(36-9-8-18(14-36)35(4)5)30-15-37-21-12-20(27)26-19(25(21)28)10-16(2)31-26/h6-7,10-13,18,31H,3,8-9,14-15H2,1-2,4-5H3,(H2,32,33,34)/b7-6+,22-13+,30-24+. The molecule has 4 rings (SSSR count). The van der Waals surface area contributed by atoms with E-state index in [9.17, 15) is 8.78 Å². The number of allylic oxidation sites excluding steroid dienone is 1. The number of fused-ring (bicyclic) bond motifs is 1. The highest BCUT2D eigenvalue weighted by molar-refractivity contribution is 5.94. The van der Waals surface area contributed by atoms with E-state index < -0.39 is 11.6 Å². The third-order valence-electron chi connectivity index (χ3n) is 6.20. The van der Waals surface area contributed by atoms with Crippen LogP contribution in [-0.2, 0) is 0 Å². The number of likely N-dealkylation sites (tertiary alicyclic amines) is 1. The fourth-order valence-corrected chi connectivity index (χ4v) is 4.26. The Morgan fingerprint density at radius 3 is 2.86 bits per heavy atom. The van der Waals surface area contributed by atoms with Crippen molar-refractivity contribution in [1.82, 2.24) is 25.0 Å². The molecule has 37 heavy (non-hydrogen) atoms. The largest absolute Gasteiger partial charge is 0.468 e. The van der Waals surface area contributed by atoms with E-state index in [1.807, 2.05) is 39.2 Å². The van der Waals surface area contributed by atoms with Crippen molar-refractivity contribution in [2.24, 2.45) is 9.98 Å². The van der Waals surface area contributed by atoms with Crippen molar-refractivity contribution in [1.29, 1.82) is 0 Å². The molecule has 3 heterocycles. The summed E-state index contributed by atoms with van der Waals surface area (Å²) in [4.78, 5) is 15.8. The summed E-state index contributed by atoms with van der Waals surface area (Å²) >= 11 is 0. The number of aromatic nitrogens is 3. The first-order valence-corrected chi connectivity index (χ1v) is 12.0. The fourth-order valence-electron chi connectivity index (χ4n) is 4.26. The minimum atomic E-state index is -0.632. The Balaban J connectivity index is 1.58. The SMILES string of the molecule is C=N/C(=C\C(=N/COc1cc(F)c2[nH]c(C)cc2c1F)N1CCC(N(C)C)C1)Nc1cc(/C=C/C)[nH]n1. The number of benzene rings is 1. The highest BCUT2D eigenvalue weighted by atomic mass is 19.1. The molecule has 1 aliphatic heterocycles. The number of ether oxygens (including phenoxy) is 1. The Kier molecular flexibility index (Phi) is 8.02. The summed E-state index contributed by atoms with van der Waals surface area (Å²) < 4.78 is 35.0. The molecule has 3 aromatic rings. The van der Waals surface area contributed by atoms with Crippen molar-refractivity contribution in [3.8, 4) is 5.75 Å². The Morgan fingerprint density at radius 1 is 1.35 bits per heavy atom. The van der Waals surface area contributed by atoms with Gasteiger partial charge in [0, 0.05) is 48.4 Å². The average Bonchev–Trinajstić information content (AvgIpc) is 3.61. The molecule has 2 aromatic heterocycles. The highest BCUT2D eigenvalue weighted by Crippen LogP contribution is 2.29. The number of amidine groups is 1. The number of aromatic amines is 2. The van der Waals surface area contributed by atoms with E-state index in [-0.39, 0.29) is 23.4 Å². The Morgan fingerprint density at radius 2 is 2.16 bits per heavy atom. The number of H-pyrrole nitrogens is 2. The van der Waals surface area contributed by atoms with Crippen LogP contribution in [0.1, 0.15) is 24.7 Å². The summed E-state index contributed by atoms with van der Waals surface area (Å²) in [5, 5.41) is 10.4. The number of aryl methyl sites for hydroxylation is 1. The quantitative estimate of drug-likeness (QED) is 0.290. The van der Waals surface area contributed by atoms with E-state index in [0.29, 0.717) is 29.2 Å². The number of nitrogens with zero attached hydrogens (tertiary/aromatic N) is 5. The number of rotatable bonds is 9. The van der Waals surface area contributed by atoms with E-state index in [0.717, 1.165) is 31.3 Å². The third-order valence-corrected chi connectivity index (χ3v) is 6.20. The van der Waals surface area contributed by atoms with E-state index in [4.69, 9.17) is 4.74 Å². The van der Waals surface area contributed by atoms with Gasteiger partial charge in [0.25, 0.3) is 0 Å². The van der Waals surface area contributed by atoms with Crippen LogP contribution in [-0.4, -0.2) is 77.5 Å². The van der Waals surface area contributed by atoms with Gasteiger partial charge in [-0.1, -0.05) is 6.08 Å². The van der Waals surface area contributed by atoms with Crippen LogP contribution in [0.3, 0.4) is 0 Å². The molecule has 0 aliphatic carbocycles. The Hall–Kier alpha value is -3.99. The second kappa shape index (κ2) is 11.4. The van der Waals surface area contributed by atoms with Crippen molar-refractivity contribution >= 4 is 35.3 Å². The molecule has 1 fully saturated rings. The van der Waals surface area contributed by atoms with Gasteiger partial charge in [-0.05, 0) is 53.2 Å². The second-order valence-corrected chi connectivity index (χ2v) is 9.07. The zero-order valence-corrected chi connectivity index (χ0v) is 21.5. The molecule has 1 unspecified atom stereocenters. The molecule has 0 spiro atoms. The molecule has 0 radical (unpaired) electrons. The van der Waals surface area contributed by atoms with Crippen molar-refractivity contribution in [2.75, 3.05) is 39.2 Å². The topological polar surface area (TPSA) is 96.9 Å². The molecular formula is C26H32F2N8O. The minimum absolute atomic E-state index is 0.116. The molecule has 196 valence electrons. The van der Waals surface area contributed by atoms with Crippen LogP contribution in [0.5, 0.6) is 5.75 Å². The highest BCUT2D eigenvalue weighted by Gasteiger charge is 2.26. The predicted octanol–water partition coefficient (Wildman–Crippen LogP) is 4.54. The normalized spacial score (nSPS) is 16.9. The zero-order chi connectivity index (χ0) is 26.5. The first-order chi connectivity index (χ1) is 17.8. The molecule has 1 aromatic carbocycles. The average molecular weight is 511 g/mol. The Labute approximate surface area is 214 Å². The van der Waals surface area contributed by atoms with Gasteiger partial charge in [-0.3, -0.25) is 5.10 Å². The molecule has 0 amide bonds. The van der Waals surface area contributed by atoms with E-state index in [2.05, 4.69) is 47.0 Å². The van der Waals surface area contributed by atoms with Crippen molar-refractivity contribution in [3.63, 3.8) is 0 Å². The van der Waals surface area contributed by atoms with Gasteiger partial charge in [-0.25, -0.2) is 18.8 Å². The minimum Gasteiger partial charge on any atom is -0.468 e. The van der Waals surface area contributed by atoms with Crippen LogP contribution >= 0.6 is 0 Å². The number of nitrogens with one attached hydrogen (secondary N) is 3. The third kappa shape index (κ3) is 6.05. The zero-order valence-electron chi connectivity index (χ0n) is 21.5.